The topological polar surface area (TPSA) is 44.4 Å². The number of hydrogen-bond acceptors (Lipinski definition) is 3. The first kappa shape index (κ1) is 22.2. The number of nitrogens with zero attached hydrogens (tertiary/aromatic N) is 1. The second-order valence-electron chi connectivity index (χ2n) is 6.83. The molecular weight excluding hydrogens is 357 g/mol. The summed E-state index contributed by atoms with van der Waals surface area (Å²) >= 11 is 5.92. The molecule has 6 heteroatoms. The highest BCUT2D eigenvalue weighted by atomic mass is 35.5. The van der Waals surface area contributed by atoms with Gasteiger partial charge in [0, 0.05) is 5.02 Å². The van der Waals surface area contributed by atoms with E-state index in [1.807, 2.05) is 45.2 Å². The van der Waals surface area contributed by atoms with Gasteiger partial charge in [-0.3, -0.25) is 9.69 Å². The summed E-state index contributed by atoms with van der Waals surface area (Å²) in [7, 11) is 2.00. The molecule has 0 radical (unpaired) electrons. The maximum atomic E-state index is 12.6. The number of hydrogen-bond donors (Lipinski definition) is 2. The van der Waals surface area contributed by atoms with Crippen molar-refractivity contribution < 1.29 is 4.79 Å². The van der Waals surface area contributed by atoms with Gasteiger partial charge in [0.15, 0.2) is 0 Å². The van der Waals surface area contributed by atoms with Crippen molar-refractivity contribution in [2.24, 2.45) is 5.92 Å². The lowest BCUT2D eigenvalue weighted by molar-refractivity contribution is -0.127. The van der Waals surface area contributed by atoms with Gasteiger partial charge in [-0.25, -0.2) is 0 Å². The lowest BCUT2D eigenvalue weighted by Gasteiger charge is -2.35. The van der Waals surface area contributed by atoms with Crippen LogP contribution < -0.4 is 10.6 Å². The molecule has 25 heavy (non-hydrogen) atoms. The lowest BCUT2D eigenvalue weighted by Crippen LogP contribution is -2.48. The molecule has 0 aromatic heterocycles. The van der Waals surface area contributed by atoms with Crippen LogP contribution in [0.15, 0.2) is 24.3 Å². The predicted molar refractivity (Wildman–Crippen MR) is 108 cm³/mol. The Kier molecular flexibility index (Phi) is 9.80. The average molecular weight is 388 g/mol. The zero-order chi connectivity index (χ0) is 17.5. The third-order valence-electron chi connectivity index (χ3n) is 5.11. The quantitative estimate of drug-likeness (QED) is 0.750. The van der Waals surface area contributed by atoms with Crippen LogP contribution >= 0.6 is 24.0 Å². The number of halogens is 2. The Labute approximate surface area is 163 Å². The molecule has 0 spiro atoms. The predicted octanol–water partition coefficient (Wildman–Crippen LogP) is 3.65. The number of piperidine rings is 1. The van der Waals surface area contributed by atoms with Gasteiger partial charge < -0.3 is 10.6 Å². The average Bonchev–Trinajstić information content (AvgIpc) is 2.60. The molecular formula is C19H31Cl2N3O. The molecule has 2 rings (SSSR count). The Morgan fingerprint density at radius 2 is 1.84 bits per heavy atom. The fourth-order valence-corrected chi connectivity index (χ4v) is 3.44. The Morgan fingerprint density at radius 1 is 1.24 bits per heavy atom. The molecule has 2 unspecified atom stereocenters. The molecule has 1 aliphatic heterocycles. The van der Waals surface area contributed by atoms with E-state index in [9.17, 15) is 4.79 Å². The van der Waals surface area contributed by atoms with Gasteiger partial charge in [-0.05, 0) is 83.4 Å². The van der Waals surface area contributed by atoms with Crippen molar-refractivity contribution in [2.75, 3.05) is 26.7 Å². The van der Waals surface area contributed by atoms with Crippen molar-refractivity contribution in [2.45, 2.75) is 45.2 Å². The highest BCUT2D eigenvalue weighted by Gasteiger charge is 2.27. The van der Waals surface area contributed by atoms with Crippen molar-refractivity contribution in [3.63, 3.8) is 0 Å². The van der Waals surface area contributed by atoms with Crippen LogP contribution in [0.5, 0.6) is 0 Å². The van der Waals surface area contributed by atoms with Gasteiger partial charge in [0.05, 0.1) is 12.1 Å². The van der Waals surface area contributed by atoms with Crippen molar-refractivity contribution in [3.8, 4) is 0 Å². The molecule has 1 aliphatic rings. The van der Waals surface area contributed by atoms with Crippen LogP contribution in [0.3, 0.4) is 0 Å². The first-order valence-corrected chi connectivity index (χ1v) is 9.33. The summed E-state index contributed by atoms with van der Waals surface area (Å²) in [4.78, 5) is 14.9. The minimum absolute atomic E-state index is 0. The maximum absolute atomic E-state index is 12.6. The first-order valence-electron chi connectivity index (χ1n) is 8.95. The molecule has 1 aromatic carbocycles. The number of carbonyl (C=O) groups excluding carboxylic acids is 1. The normalized spacial score (nSPS) is 18.2. The van der Waals surface area contributed by atoms with Crippen molar-refractivity contribution in [3.05, 3.63) is 34.9 Å². The Balaban J connectivity index is 0.00000312. The van der Waals surface area contributed by atoms with E-state index < -0.39 is 0 Å². The van der Waals surface area contributed by atoms with Crippen LogP contribution in [-0.4, -0.2) is 43.5 Å². The van der Waals surface area contributed by atoms with E-state index >= 15 is 0 Å². The summed E-state index contributed by atoms with van der Waals surface area (Å²) < 4.78 is 0. The summed E-state index contributed by atoms with van der Waals surface area (Å²) in [5.74, 6) is 0.892. The Hall–Kier alpha value is -0.810. The third-order valence-corrected chi connectivity index (χ3v) is 5.36. The third kappa shape index (κ3) is 6.78. The van der Waals surface area contributed by atoms with E-state index in [-0.39, 0.29) is 30.4 Å². The summed E-state index contributed by atoms with van der Waals surface area (Å²) in [6, 6.07) is 7.56. The van der Waals surface area contributed by atoms with Crippen LogP contribution in [0, 0.1) is 5.92 Å². The van der Waals surface area contributed by atoms with E-state index in [0.29, 0.717) is 5.02 Å². The summed E-state index contributed by atoms with van der Waals surface area (Å²) in [5, 5.41) is 7.06. The van der Waals surface area contributed by atoms with Crippen LogP contribution in [-0.2, 0) is 4.79 Å². The number of carbonyl (C=O) groups is 1. The Bertz CT molecular complexity index is 516. The first-order chi connectivity index (χ1) is 11.5. The molecule has 2 N–H and O–H groups in total. The molecule has 1 amide bonds. The molecule has 1 saturated heterocycles. The number of nitrogens with one attached hydrogen (secondary N) is 2. The molecule has 4 nitrogen and oxygen atoms in total. The molecule has 142 valence electrons. The minimum Gasteiger partial charge on any atom is -0.348 e. The standard InChI is InChI=1S/C19H30ClN3O.ClH/c1-14(17-4-6-18(20)7-5-17)22-19(24)15(2)23-12-9-16(10-13-23)8-11-21-3;/h4-7,14-16,21H,8-13H2,1-3H3,(H,22,24);1H. The highest BCUT2D eigenvalue weighted by Crippen LogP contribution is 2.22. The van der Waals surface area contributed by atoms with Crippen LogP contribution in [0.25, 0.3) is 0 Å². The zero-order valence-electron chi connectivity index (χ0n) is 15.4. The lowest BCUT2D eigenvalue weighted by atomic mass is 9.92. The van der Waals surface area contributed by atoms with Gasteiger partial charge in [-0.1, -0.05) is 23.7 Å². The number of amides is 1. The fraction of sp³-hybridized carbons (Fsp3) is 0.632. The van der Waals surface area contributed by atoms with Gasteiger partial charge in [0.1, 0.15) is 0 Å². The molecule has 1 fully saturated rings. The van der Waals surface area contributed by atoms with E-state index in [0.717, 1.165) is 31.1 Å². The Morgan fingerprint density at radius 3 is 2.40 bits per heavy atom. The SMILES string of the molecule is CNCCC1CCN(C(C)C(=O)NC(C)c2ccc(Cl)cc2)CC1.Cl. The molecule has 1 heterocycles. The molecule has 1 aromatic rings. The maximum Gasteiger partial charge on any atom is 0.237 e. The van der Waals surface area contributed by atoms with E-state index in [1.54, 1.807) is 0 Å². The number of rotatable bonds is 7. The minimum atomic E-state index is -0.0787. The fourth-order valence-electron chi connectivity index (χ4n) is 3.31. The van der Waals surface area contributed by atoms with E-state index in [4.69, 9.17) is 11.6 Å². The molecule has 0 bridgehead atoms. The van der Waals surface area contributed by atoms with Crippen molar-refractivity contribution >= 4 is 29.9 Å². The van der Waals surface area contributed by atoms with E-state index in [1.165, 1.54) is 19.3 Å². The molecule has 0 saturated carbocycles. The van der Waals surface area contributed by atoms with Gasteiger partial charge in [0.2, 0.25) is 5.91 Å². The van der Waals surface area contributed by atoms with Crippen LogP contribution in [0.2, 0.25) is 5.02 Å². The van der Waals surface area contributed by atoms with Gasteiger partial charge in [0.25, 0.3) is 0 Å². The van der Waals surface area contributed by atoms with Crippen molar-refractivity contribution in [1.29, 1.82) is 0 Å². The largest absolute Gasteiger partial charge is 0.348 e. The van der Waals surface area contributed by atoms with Gasteiger partial charge in [-0.2, -0.15) is 0 Å². The second-order valence-corrected chi connectivity index (χ2v) is 7.27. The van der Waals surface area contributed by atoms with Crippen LogP contribution in [0.1, 0.15) is 44.7 Å². The van der Waals surface area contributed by atoms with Gasteiger partial charge in [-0.15, -0.1) is 12.4 Å². The monoisotopic (exact) mass is 387 g/mol. The van der Waals surface area contributed by atoms with Crippen molar-refractivity contribution in [1.82, 2.24) is 15.5 Å². The number of likely N-dealkylation sites (tertiary alicyclic amines) is 1. The molecule has 2 atom stereocenters. The summed E-state index contributed by atoms with van der Waals surface area (Å²) in [6.45, 7) is 7.13. The number of benzene rings is 1. The summed E-state index contributed by atoms with van der Waals surface area (Å²) in [6.07, 6.45) is 3.61. The van der Waals surface area contributed by atoms with Crippen LogP contribution in [0.4, 0.5) is 0 Å². The highest BCUT2D eigenvalue weighted by molar-refractivity contribution is 6.30. The van der Waals surface area contributed by atoms with Gasteiger partial charge >= 0.3 is 0 Å². The van der Waals surface area contributed by atoms with E-state index in [2.05, 4.69) is 15.5 Å². The summed E-state index contributed by atoms with van der Waals surface area (Å²) in [5.41, 5.74) is 1.07. The second kappa shape index (κ2) is 11.0. The molecule has 0 aliphatic carbocycles. The zero-order valence-corrected chi connectivity index (χ0v) is 17.0. The smallest absolute Gasteiger partial charge is 0.237 e.